The minimum Gasteiger partial charge on any atom is -0.427 e. The predicted molar refractivity (Wildman–Crippen MR) is 61.8 cm³/mol. The molecule has 3 N–H and O–H groups in total. The first-order valence-corrected chi connectivity index (χ1v) is 4.62. The fourth-order valence-corrected chi connectivity index (χ4v) is 1.14. The summed E-state index contributed by atoms with van der Waals surface area (Å²) in [6, 6.07) is 3.97. The van der Waals surface area contributed by atoms with E-state index < -0.39 is 13.0 Å². The Balaban J connectivity index is 3.10. The molecule has 1 aromatic rings. The van der Waals surface area contributed by atoms with Crippen LogP contribution < -0.4 is 15.5 Å². The lowest BCUT2D eigenvalue weighted by atomic mass is 9.80. The highest BCUT2D eigenvalue weighted by Gasteiger charge is 2.14. The number of hydrogen-bond donors (Lipinski definition) is 3. The van der Waals surface area contributed by atoms with Gasteiger partial charge < -0.3 is 20.1 Å². The molecule has 1 aromatic carbocycles. The number of carbonyl (C=O) groups excluding carboxylic acids is 2. The van der Waals surface area contributed by atoms with Crippen LogP contribution in [0.1, 0.15) is 0 Å². The Morgan fingerprint density at radius 1 is 1.47 bits per heavy atom. The van der Waals surface area contributed by atoms with Gasteiger partial charge in [0, 0.05) is 0 Å². The van der Waals surface area contributed by atoms with E-state index in [2.05, 4.69) is 16.6 Å². The SMILES string of the molecule is C=CC(=O)Nc1cc(B(O)O)ccc1OC=O. The zero-order chi connectivity index (χ0) is 12.8. The van der Waals surface area contributed by atoms with Gasteiger partial charge in [-0.15, -0.1) is 0 Å². The topological polar surface area (TPSA) is 95.9 Å². The van der Waals surface area contributed by atoms with Crippen LogP contribution in [0.15, 0.2) is 30.9 Å². The molecule has 0 radical (unpaired) electrons. The van der Waals surface area contributed by atoms with Crippen LogP contribution in [-0.4, -0.2) is 29.5 Å². The summed E-state index contributed by atoms with van der Waals surface area (Å²) in [6.45, 7) is 3.47. The molecular formula is C10H10BNO5. The summed E-state index contributed by atoms with van der Waals surface area (Å²) >= 11 is 0. The molecule has 88 valence electrons. The summed E-state index contributed by atoms with van der Waals surface area (Å²) in [5.74, 6) is -0.412. The summed E-state index contributed by atoms with van der Waals surface area (Å²) in [5, 5.41) is 20.3. The van der Waals surface area contributed by atoms with Crippen molar-refractivity contribution in [3.05, 3.63) is 30.9 Å². The molecule has 0 saturated carbocycles. The van der Waals surface area contributed by atoms with E-state index in [1.54, 1.807) is 0 Å². The highest BCUT2D eigenvalue weighted by atomic mass is 16.5. The number of nitrogens with one attached hydrogen (secondary N) is 1. The lowest BCUT2D eigenvalue weighted by molar-refractivity contribution is -0.120. The molecule has 0 saturated heterocycles. The lowest BCUT2D eigenvalue weighted by Crippen LogP contribution is -2.30. The van der Waals surface area contributed by atoms with Crippen molar-refractivity contribution >= 4 is 30.6 Å². The first kappa shape index (κ1) is 13.0. The van der Waals surface area contributed by atoms with Crippen LogP contribution >= 0.6 is 0 Å². The molecule has 7 heteroatoms. The number of benzene rings is 1. The first-order chi connectivity index (χ1) is 8.08. The van der Waals surface area contributed by atoms with E-state index in [9.17, 15) is 9.59 Å². The predicted octanol–water partition coefficient (Wildman–Crippen LogP) is -0.974. The smallest absolute Gasteiger partial charge is 0.427 e. The summed E-state index contributed by atoms with van der Waals surface area (Å²) in [7, 11) is -1.68. The maximum Gasteiger partial charge on any atom is 0.488 e. The summed E-state index contributed by atoms with van der Waals surface area (Å²) in [6.07, 6.45) is 1.03. The van der Waals surface area contributed by atoms with Gasteiger partial charge in [0.1, 0.15) is 0 Å². The summed E-state index contributed by atoms with van der Waals surface area (Å²) in [5.41, 5.74) is 0.301. The lowest BCUT2D eigenvalue weighted by Gasteiger charge is -2.09. The largest absolute Gasteiger partial charge is 0.488 e. The minimum absolute atomic E-state index is 0.0969. The summed E-state index contributed by atoms with van der Waals surface area (Å²) < 4.78 is 4.62. The third-order valence-electron chi connectivity index (χ3n) is 1.92. The Hall–Kier alpha value is -2.12. The van der Waals surface area contributed by atoms with Gasteiger partial charge in [-0.25, -0.2) is 0 Å². The molecule has 0 aliphatic carbocycles. The quantitative estimate of drug-likeness (QED) is 0.346. The third kappa shape index (κ3) is 3.44. The van der Waals surface area contributed by atoms with Crippen LogP contribution in [0.2, 0.25) is 0 Å². The highest BCUT2D eigenvalue weighted by molar-refractivity contribution is 6.58. The molecule has 17 heavy (non-hydrogen) atoms. The molecule has 0 fully saturated rings. The van der Waals surface area contributed by atoms with Gasteiger partial charge in [-0.3, -0.25) is 9.59 Å². The van der Waals surface area contributed by atoms with Crippen LogP contribution in [0.4, 0.5) is 5.69 Å². The molecule has 0 spiro atoms. The first-order valence-electron chi connectivity index (χ1n) is 4.62. The van der Waals surface area contributed by atoms with E-state index in [0.717, 1.165) is 6.08 Å². The van der Waals surface area contributed by atoms with Gasteiger partial charge in [0.2, 0.25) is 5.91 Å². The zero-order valence-electron chi connectivity index (χ0n) is 8.79. The average Bonchev–Trinajstić information content (AvgIpc) is 2.31. The maximum atomic E-state index is 11.1. The van der Waals surface area contributed by atoms with Gasteiger partial charge in [-0.1, -0.05) is 12.6 Å². The molecule has 0 aliphatic rings. The van der Waals surface area contributed by atoms with Crippen molar-refractivity contribution in [3.8, 4) is 5.75 Å². The Bertz CT molecular complexity index is 446. The molecule has 0 aromatic heterocycles. The van der Waals surface area contributed by atoms with Crippen LogP contribution in [-0.2, 0) is 9.59 Å². The van der Waals surface area contributed by atoms with E-state index in [1.807, 2.05) is 0 Å². The average molecular weight is 235 g/mol. The highest BCUT2D eigenvalue weighted by Crippen LogP contribution is 2.22. The fourth-order valence-electron chi connectivity index (χ4n) is 1.14. The van der Waals surface area contributed by atoms with Crippen molar-refractivity contribution < 1.29 is 24.4 Å². The Labute approximate surface area is 97.7 Å². The zero-order valence-corrected chi connectivity index (χ0v) is 8.79. The van der Waals surface area contributed by atoms with Crippen LogP contribution in [0.3, 0.4) is 0 Å². The number of hydrogen-bond acceptors (Lipinski definition) is 5. The van der Waals surface area contributed by atoms with Gasteiger partial charge in [0.25, 0.3) is 6.47 Å². The normalized spacial score (nSPS) is 9.29. The molecule has 0 unspecified atom stereocenters. The summed E-state index contributed by atoms with van der Waals surface area (Å²) in [4.78, 5) is 21.4. The number of rotatable bonds is 5. The number of anilines is 1. The third-order valence-corrected chi connectivity index (χ3v) is 1.92. The minimum atomic E-state index is -1.68. The fraction of sp³-hybridized carbons (Fsp3) is 0. The van der Waals surface area contributed by atoms with Gasteiger partial charge in [-0.05, 0) is 23.7 Å². The monoisotopic (exact) mass is 235 g/mol. The second kappa shape index (κ2) is 5.83. The Kier molecular flexibility index (Phi) is 4.44. The van der Waals surface area contributed by atoms with Crippen molar-refractivity contribution in [1.29, 1.82) is 0 Å². The second-order valence-corrected chi connectivity index (χ2v) is 3.04. The van der Waals surface area contributed by atoms with E-state index in [0.29, 0.717) is 0 Å². The maximum absolute atomic E-state index is 11.1. The van der Waals surface area contributed by atoms with Gasteiger partial charge in [0.15, 0.2) is 5.75 Å². The molecular weight excluding hydrogens is 225 g/mol. The van der Waals surface area contributed by atoms with E-state index >= 15 is 0 Å². The van der Waals surface area contributed by atoms with Crippen molar-refractivity contribution in [2.75, 3.05) is 5.32 Å². The molecule has 0 bridgehead atoms. The molecule has 1 rings (SSSR count). The number of carbonyl (C=O) groups is 2. The molecule has 1 amide bonds. The van der Waals surface area contributed by atoms with Crippen LogP contribution in [0, 0.1) is 0 Å². The van der Waals surface area contributed by atoms with Gasteiger partial charge in [-0.2, -0.15) is 0 Å². The van der Waals surface area contributed by atoms with E-state index in [1.165, 1.54) is 18.2 Å². The molecule has 6 nitrogen and oxygen atoms in total. The molecule has 0 atom stereocenters. The van der Waals surface area contributed by atoms with Crippen molar-refractivity contribution in [2.45, 2.75) is 0 Å². The Morgan fingerprint density at radius 3 is 2.71 bits per heavy atom. The molecule has 0 aliphatic heterocycles. The van der Waals surface area contributed by atoms with Crippen molar-refractivity contribution in [1.82, 2.24) is 0 Å². The van der Waals surface area contributed by atoms with Crippen molar-refractivity contribution in [2.24, 2.45) is 0 Å². The number of amides is 1. The van der Waals surface area contributed by atoms with E-state index in [-0.39, 0.29) is 23.4 Å². The van der Waals surface area contributed by atoms with Crippen LogP contribution in [0.5, 0.6) is 5.75 Å². The van der Waals surface area contributed by atoms with Gasteiger partial charge in [0.05, 0.1) is 5.69 Å². The molecule has 0 heterocycles. The standard InChI is InChI=1S/C10H10BNO5/c1-2-10(14)12-8-5-7(11(15)16)3-4-9(8)17-6-13/h2-6,15-16H,1H2,(H,12,14). The van der Waals surface area contributed by atoms with Gasteiger partial charge >= 0.3 is 7.12 Å². The van der Waals surface area contributed by atoms with E-state index in [4.69, 9.17) is 10.0 Å². The Morgan fingerprint density at radius 2 is 2.18 bits per heavy atom. The number of ether oxygens (including phenoxy) is 1. The van der Waals surface area contributed by atoms with Crippen molar-refractivity contribution in [3.63, 3.8) is 0 Å². The second-order valence-electron chi connectivity index (χ2n) is 3.04. The van der Waals surface area contributed by atoms with Crippen LogP contribution in [0.25, 0.3) is 0 Å².